The largest absolute Gasteiger partial charge is 1.00 e. The van der Waals surface area contributed by atoms with E-state index in [0.29, 0.717) is 13.0 Å². The first-order valence-electron chi connectivity index (χ1n) is 11.2. The molecule has 0 aliphatic carbocycles. The number of carbonyl (C=O) groups excluding carboxylic acids is 3. The number of nitrogens with one attached hydrogen (secondary N) is 1. The predicted octanol–water partition coefficient (Wildman–Crippen LogP) is 0.660. The van der Waals surface area contributed by atoms with E-state index in [9.17, 15) is 19.5 Å². The van der Waals surface area contributed by atoms with Gasteiger partial charge >= 0.3 is 41.5 Å². The van der Waals surface area contributed by atoms with Crippen molar-refractivity contribution in [2.24, 2.45) is 0 Å². The average molecular weight is 422 g/mol. The zero-order chi connectivity index (χ0) is 21.0. The summed E-state index contributed by atoms with van der Waals surface area (Å²) < 4.78 is 4.92. The Hall–Kier alpha value is -0.430. The summed E-state index contributed by atoms with van der Waals surface area (Å²) in [4.78, 5) is 34.7. The Bertz CT molecular complexity index is 431. The Kier molecular flexibility index (Phi) is 23.6. The molecule has 0 amide bonds. The number of carboxylic acids is 1. The molecule has 29 heavy (non-hydrogen) atoms. The third kappa shape index (κ3) is 20.6. The standard InChI is InChI=1S/C22H41NO5.Na/c1-3-5-7-8-9-10-11-12-13-15-21(26)28-22(27)19(16-17-20(24)25)23-18-14-6-4-2;/h19,23H,3-18H2,1-2H3,(H,24,25);/q;+1/p-1/t19-;/m0./s1. The molecule has 0 aliphatic rings. The van der Waals surface area contributed by atoms with Crippen molar-refractivity contribution in [2.45, 2.75) is 116 Å². The Morgan fingerprint density at radius 3 is 1.86 bits per heavy atom. The molecule has 1 atom stereocenters. The van der Waals surface area contributed by atoms with Crippen LogP contribution in [0.2, 0.25) is 0 Å². The summed E-state index contributed by atoms with van der Waals surface area (Å²) in [6, 6.07) is -0.776. The number of carboxylic acid groups (broad SMARTS) is 1. The van der Waals surface area contributed by atoms with Gasteiger partial charge in [-0.25, -0.2) is 4.79 Å². The number of hydrogen-bond donors (Lipinski definition) is 1. The van der Waals surface area contributed by atoms with Gasteiger partial charge in [-0.05, 0) is 32.2 Å². The SMILES string of the molecule is CCCCCCCCCCCC(=O)OC(=O)[C@H](CCC(=O)[O-])NCCCCC.[Na+]. The Labute approximate surface area is 199 Å². The minimum absolute atomic E-state index is 0. The van der Waals surface area contributed by atoms with Gasteiger partial charge in [0.15, 0.2) is 0 Å². The minimum Gasteiger partial charge on any atom is -0.550 e. The third-order valence-electron chi connectivity index (χ3n) is 4.79. The van der Waals surface area contributed by atoms with Crippen LogP contribution in [0, 0.1) is 0 Å². The summed E-state index contributed by atoms with van der Waals surface area (Å²) in [6.45, 7) is 4.87. The monoisotopic (exact) mass is 421 g/mol. The van der Waals surface area contributed by atoms with Crippen LogP contribution in [-0.4, -0.2) is 30.5 Å². The summed E-state index contributed by atoms with van der Waals surface area (Å²) in [5, 5.41) is 13.7. The zero-order valence-corrected chi connectivity index (χ0v) is 20.9. The Balaban J connectivity index is 0. The third-order valence-corrected chi connectivity index (χ3v) is 4.79. The van der Waals surface area contributed by atoms with Crippen molar-refractivity contribution < 1.29 is 53.8 Å². The molecule has 0 fully saturated rings. The molecule has 0 heterocycles. The first-order chi connectivity index (χ1) is 13.5. The molecule has 0 aromatic heterocycles. The quantitative estimate of drug-likeness (QED) is 0.142. The summed E-state index contributed by atoms with van der Waals surface area (Å²) in [5.74, 6) is -2.42. The van der Waals surface area contributed by atoms with E-state index in [4.69, 9.17) is 4.74 Å². The molecule has 0 aromatic rings. The van der Waals surface area contributed by atoms with E-state index in [-0.39, 0.29) is 48.8 Å². The molecule has 0 bridgehead atoms. The maximum atomic E-state index is 12.2. The average Bonchev–Trinajstić information content (AvgIpc) is 2.65. The summed E-state index contributed by atoms with van der Waals surface area (Å²) in [5.41, 5.74) is 0. The molecule has 0 saturated carbocycles. The van der Waals surface area contributed by atoms with E-state index < -0.39 is 23.9 Å². The van der Waals surface area contributed by atoms with Gasteiger partial charge in [-0.3, -0.25) is 4.79 Å². The van der Waals surface area contributed by atoms with Crippen molar-refractivity contribution in [3.63, 3.8) is 0 Å². The molecule has 7 heteroatoms. The van der Waals surface area contributed by atoms with Crippen LogP contribution < -0.4 is 40.0 Å². The minimum atomic E-state index is -1.21. The van der Waals surface area contributed by atoms with E-state index in [1.54, 1.807) is 0 Å². The Morgan fingerprint density at radius 1 is 0.793 bits per heavy atom. The first kappa shape index (κ1) is 30.8. The topological polar surface area (TPSA) is 95.5 Å². The van der Waals surface area contributed by atoms with Gasteiger partial charge in [0.05, 0.1) is 0 Å². The molecule has 0 aromatic carbocycles. The van der Waals surface area contributed by atoms with Gasteiger partial charge in [0, 0.05) is 12.4 Å². The molecule has 0 rings (SSSR count). The molecule has 1 N–H and O–H groups in total. The van der Waals surface area contributed by atoms with Crippen LogP contribution in [0.15, 0.2) is 0 Å². The van der Waals surface area contributed by atoms with Crippen molar-refractivity contribution in [3.8, 4) is 0 Å². The molecule has 0 unspecified atom stereocenters. The van der Waals surface area contributed by atoms with Crippen molar-refractivity contribution >= 4 is 17.9 Å². The molecule has 6 nitrogen and oxygen atoms in total. The zero-order valence-electron chi connectivity index (χ0n) is 18.9. The normalized spacial score (nSPS) is 11.5. The number of esters is 2. The number of ether oxygens (including phenoxy) is 1. The fourth-order valence-corrected chi connectivity index (χ4v) is 3.03. The van der Waals surface area contributed by atoms with Crippen LogP contribution in [-0.2, 0) is 19.1 Å². The molecule has 164 valence electrons. The maximum Gasteiger partial charge on any atom is 1.00 e. The number of aliphatic carboxylic acids is 1. The van der Waals surface area contributed by atoms with Gasteiger partial charge in [0.25, 0.3) is 0 Å². The fourth-order valence-electron chi connectivity index (χ4n) is 3.03. The van der Waals surface area contributed by atoms with E-state index >= 15 is 0 Å². The van der Waals surface area contributed by atoms with Crippen LogP contribution in [0.1, 0.15) is 110 Å². The number of carbonyl (C=O) groups is 3. The van der Waals surface area contributed by atoms with E-state index in [0.717, 1.165) is 32.1 Å². The van der Waals surface area contributed by atoms with E-state index in [1.165, 1.54) is 38.5 Å². The van der Waals surface area contributed by atoms with Gasteiger partial charge in [0.1, 0.15) is 6.04 Å². The van der Waals surface area contributed by atoms with Crippen LogP contribution >= 0.6 is 0 Å². The van der Waals surface area contributed by atoms with Gasteiger partial charge in [-0.1, -0.05) is 78.1 Å². The number of unbranched alkanes of at least 4 members (excludes halogenated alkanes) is 10. The Morgan fingerprint density at radius 2 is 1.31 bits per heavy atom. The van der Waals surface area contributed by atoms with Crippen LogP contribution in [0.4, 0.5) is 0 Å². The molecule has 0 radical (unpaired) electrons. The summed E-state index contributed by atoms with van der Waals surface area (Å²) in [6.07, 6.45) is 13.3. The van der Waals surface area contributed by atoms with Crippen molar-refractivity contribution in [2.75, 3.05) is 6.54 Å². The van der Waals surface area contributed by atoms with Crippen LogP contribution in [0.5, 0.6) is 0 Å². The number of hydrogen-bond acceptors (Lipinski definition) is 6. The molecule has 0 spiro atoms. The van der Waals surface area contributed by atoms with Gasteiger partial charge < -0.3 is 20.0 Å². The van der Waals surface area contributed by atoms with Crippen molar-refractivity contribution in [1.29, 1.82) is 0 Å². The van der Waals surface area contributed by atoms with Crippen molar-refractivity contribution in [1.82, 2.24) is 5.32 Å². The smallest absolute Gasteiger partial charge is 0.550 e. The second-order valence-corrected chi connectivity index (χ2v) is 7.50. The maximum absolute atomic E-state index is 12.2. The molecular formula is C22H40NNaO5. The second kappa shape index (κ2) is 22.3. The fraction of sp³-hybridized carbons (Fsp3) is 0.864. The molecular weight excluding hydrogens is 381 g/mol. The van der Waals surface area contributed by atoms with Gasteiger partial charge in [0.2, 0.25) is 0 Å². The molecule has 0 aliphatic heterocycles. The van der Waals surface area contributed by atoms with Gasteiger partial charge in [-0.2, -0.15) is 0 Å². The first-order valence-corrected chi connectivity index (χ1v) is 11.2. The van der Waals surface area contributed by atoms with E-state index in [1.807, 2.05) is 0 Å². The van der Waals surface area contributed by atoms with Crippen molar-refractivity contribution in [3.05, 3.63) is 0 Å². The summed E-state index contributed by atoms with van der Waals surface area (Å²) in [7, 11) is 0. The summed E-state index contributed by atoms with van der Waals surface area (Å²) >= 11 is 0. The number of rotatable bonds is 19. The second-order valence-electron chi connectivity index (χ2n) is 7.50. The van der Waals surface area contributed by atoms with Gasteiger partial charge in [-0.15, -0.1) is 0 Å². The predicted molar refractivity (Wildman–Crippen MR) is 108 cm³/mol. The van der Waals surface area contributed by atoms with Crippen LogP contribution in [0.3, 0.4) is 0 Å². The van der Waals surface area contributed by atoms with Crippen LogP contribution in [0.25, 0.3) is 0 Å². The molecule has 0 saturated heterocycles. The van der Waals surface area contributed by atoms with E-state index in [2.05, 4.69) is 19.2 Å².